The van der Waals surface area contributed by atoms with Gasteiger partial charge in [0.05, 0.1) is 19.1 Å². The number of carbonyl (C=O) groups excluding carboxylic acids is 3. The van der Waals surface area contributed by atoms with E-state index in [4.69, 9.17) is 4.74 Å². The molecule has 1 aromatic rings. The van der Waals surface area contributed by atoms with Crippen LogP contribution >= 0.6 is 0 Å². The Hall–Kier alpha value is -2.61. The zero-order valence-corrected chi connectivity index (χ0v) is 18.8. The first kappa shape index (κ1) is 25.4. The smallest absolute Gasteiger partial charge is 0.242 e. The van der Waals surface area contributed by atoms with Gasteiger partial charge in [-0.25, -0.2) is 5.06 Å². The van der Waals surface area contributed by atoms with E-state index in [9.17, 15) is 19.6 Å². The average Bonchev–Trinajstić information content (AvgIpc) is 2.72. The van der Waals surface area contributed by atoms with Crippen molar-refractivity contribution in [3.05, 3.63) is 29.8 Å². The number of rotatable bonds is 11. The lowest BCUT2D eigenvalue weighted by Crippen LogP contribution is -2.56. The van der Waals surface area contributed by atoms with Gasteiger partial charge in [0.15, 0.2) is 0 Å². The summed E-state index contributed by atoms with van der Waals surface area (Å²) in [5, 5.41) is 15.7. The second-order valence-electron chi connectivity index (χ2n) is 8.49. The Morgan fingerprint density at radius 3 is 2.27 bits per heavy atom. The van der Waals surface area contributed by atoms with Gasteiger partial charge in [-0.15, -0.1) is 0 Å². The molecule has 0 bridgehead atoms. The van der Waals surface area contributed by atoms with Crippen LogP contribution in [0.3, 0.4) is 0 Å². The predicted molar refractivity (Wildman–Crippen MR) is 114 cm³/mol. The van der Waals surface area contributed by atoms with E-state index in [2.05, 4.69) is 10.6 Å². The summed E-state index contributed by atoms with van der Waals surface area (Å²) in [7, 11) is 3.13. The van der Waals surface area contributed by atoms with Gasteiger partial charge in [0, 0.05) is 7.05 Å². The van der Waals surface area contributed by atoms with Crippen LogP contribution in [0.25, 0.3) is 0 Å². The van der Waals surface area contributed by atoms with Crippen molar-refractivity contribution in [2.24, 2.45) is 11.3 Å². The first-order valence-corrected chi connectivity index (χ1v) is 10.1. The Morgan fingerprint density at radius 2 is 1.80 bits per heavy atom. The molecule has 0 fully saturated rings. The van der Waals surface area contributed by atoms with E-state index >= 15 is 0 Å². The summed E-state index contributed by atoms with van der Waals surface area (Å²) in [4.78, 5) is 36.4. The number of methoxy groups -OCH3 is 1. The van der Waals surface area contributed by atoms with Gasteiger partial charge in [-0.05, 0) is 49.3 Å². The molecule has 8 nitrogen and oxygen atoms in total. The van der Waals surface area contributed by atoms with Crippen LogP contribution in [0.4, 0.5) is 0 Å². The van der Waals surface area contributed by atoms with Crippen LogP contribution in [0.2, 0.25) is 0 Å². The number of nitrogens with zero attached hydrogens (tertiary/aromatic N) is 1. The topological polar surface area (TPSA) is 108 Å². The number of hydrogen-bond donors (Lipinski definition) is 3. The molecule has 0 radical (unpaired) electrons. The second-order valence-corrected chi connectivity index (χ2v) is 8.49. The lowest BCUT2D eigenvalue weighted by atomic mass is 9.85. The van der Waals surface area contributed by atoms with Crippen LogP contribution in [0.15, 0.2) is 24.3 Å². The summed E-state index contributed by atoms with van der Waals surface area (Å²) in [5.41, 5.74) is 0.590. The van der Waals surface area contributed by atoms with Gasteiger partial charge in [-0.1, -0.05) is 32.9 Å². The summed E-state index contributed by atoms with van der Waals surface area (Å²) in [6.07, 6.45) is 2.12. The van der Waals surface area contributed by atoms with Gasteiger partial charge in [0.25, 0.3) is 0 Å². The molecule has 0 aliphatic rings. The number of aryl methyl sites for hydroxylation is 1. The van der Waals surface area contributed by atoms with Crippen molar-refractivity contribution in [1.29, 1.82) is 0 Å². The molecule has 3 amide bonds. The van der Waals surface area contributed by atoms with Crippen LogP contribution < -0.4 is 15.4 Å². The van der Waals surface area contributed by atoms with Crippen molar-refractivity contribution in [3.63, 3.8) is 0 Å². The Labute approximate surface area is 178 Å². The maximum Gasteiger partial charge on any atom is 0.242 e. The molecule has 1 aromatic carbocycles. The van der Waals surface area contributed by atoms with Crippen LogP contribution in [0.5, 0.6) is 5.75 Å². The third-order valence-electron chi connectivity index (χ3n) is 5.25. The van der Waals surface area contributed by atoms with Crippen molar-refractivity contribution in [2.75, 3.05) is 14.2 Å². The van der Waals surface area contributed by atoms with Crippen LogP contribution in [-0.4, -0.2) is 54.7 Å². The molecule has 2 unspecified atom stereocenters. The number of amides is 3. The predicted octanol–water partition coefficient (Wildman–Crippen LogP) is 2.15. The average molecular weight is 422 g/mol. The van der Waals surface area contributed by atoms with E-state index in [0.717, 1.165) is 17.7 Å². The molecule has 0 aliphatic heterocycles. The van der Waals surface area contributed by atoms with E-state index in [-0.39, 0.29) is 18.2 Å². The summed E-state index contributed by atoms with van der Waals surface area (Å²) in [5.74, 6) is -0.569. The molecule has 3 atom stereocenters. The normalized spacial score (nSPS) is 14.2. The first-order valence-electron chi connectivity index (χ1n) is 10.1. The zero-order chi connectivity index (χ0) is 22.9. The maximum atomic E-state index is 13.0. The van der Waals surface area contributed by atoms with Gasteiger partial charge in [0.1, 0.15) is 11.8 Å². The van der Waals surface area contributed by atoms with Gasteiger partial charge in [-0.2, -0.15) is 0 Å². The quantitative estimate of drug-likeness (QED) is 0.288. The number of benzene rings is 1. The molecule has 0 aliphatic carbocycles. The summed E-state index contributed by atoms with van der Waals surface area (Å²) in [6, 6.07) is 6.20. The maximum absolute atomic E-state index is 13.0. The van der Waals surface area contributed by atoms with Gasteiger partial charge in [-0.3, -0.25) is 19.6 Å². The van der Waals surface area contributed by atoms with E-state index in [1.807, 2.05) is 45.0 Å². The standard InChI is InChI=1S/C22H35N3O5/c1-15(25(29)14-26)18(9-7-8-16-10-12-17(30-6)13-11-16)20(27)24-19(21(28)23-5)22(2,3)4/h10-15,18-19,29H,7-9H2,1-6H3,(H,23,28)(H,24,27)/t15-,18?,19?/m0/s1. The number of likely N-dealkylation sites (N-methyl/N-ethyl adjacent to an activating group) is 1. The summed E-state index contributed by atoms with van der Waals surface area (Å²) in [6.45, 7) is 7.19. The van der Waals surface area contributed by atoms with Crippen LogP contribution in [-0.2, 0) is 20.8 Å². The third-order valence-corrected chi connectivity index (χ3v) is 5.25. The fourth-order valence-corrected chi connectivity index (χ4v) is 3.26. The van der Waals surface area contributed by atoms with Gasteiger partial charge in [0.2, 0.25) is 18.2 Å². The van der Waals surface area contributed by atoms with Crippen molar-refractivity contribution in [3.8, 4) is 5.75 Å². The molecule has 0 saturated carbocycles. The van der Waals surface area contributed by atoms with Crippen molar-refractivity contribution in [1.82, 2.24) is 15.7 Å². The van der Waals surface area contributed by atoms with E-state index in [1.54, 1.807) is 14.0 Å². The van der Waals surface area contributed by atoms with Crippen molar-refractivity contribution >= 4 is 18.2 Å². The molecular weight excluding hydrogens is 386 g/mol. The highest BCUT2D eigenvalue weighted by atomic mass is 16.5. The number of carbonyl (C=O) groups is 3. The molecule has 0 aromatic heterocycles. The molecular formula is C22H35N3O5. The highest BCUT2D eigenvalue weighted by molar-refractivity contribution is 5.89. The highest BCUT2D eigenvalue weighted by Gasteiger charge is 2.36. The largest absolute Gasteiger partial charge is 0.497 e. The van der Waals surface area contributed by atoms with Crippen LogP contribution in [0.1, 0.15) is 46.1 Å². The number of nitrogens with one attached hydrogen (secondary N) is 2. The lowest BCUT2D eigenvalue weighted by Gasteiger charge is -2.33. The number of hydroxylamine groups is 2. The molecule has 1 rings (SSSR count). The fraction of sp³-hybridized carbons (Fsp3) is 0.591. The monoisotopic (exact) mass is 421 g/mol. The van der Waals surface area contributed by atoms with Gasteiger partial charge >= 0.3 is 0 Å². The minimum Gasteiger partial charge on any atom is -0.497 e. The highest BCUT2D eigenvalue weighted by Crippen LogP contribution is 2.23. The van der Waals surface area contributed by atoms with E-state index < -0.39 is 23.4 Å². The Balaban J connectivity index is 2.91. The second kappa shape index (κ2) is 11.5. The molecule has 168 valence electrons. The Morgan fingerprint density at radius 1 is 1.20 bits per heavy atom. The first-order chi connectivity index (χ1) is 14.0. The molecule has 30 heavy (non-hydrogen) atoms. The molecule has 0 heterocycles. The molecule has 0 saturated heterocycles. The minimum atomic E-state index is -0.741. The Kier molecular flexibility index (Phi) is 9.78. The van der Waals surface area contributed by atoms with Gasteiger partial charge < -0.3 is 15.4 Å². The van der Waals surface area contributed by atoms with E-state index in [1.165, 1.54) is 7.05 Å². The molecule has 3 N–H and O–H groups in total. The van der Waals surface area contributed by atoms with E-state index in [0.29, 0.717) is 17.9 Å². The minimum absolute atomic E-state index is 0.286. The zero-order valence-electron chi connectivity index (χ0n) is 18.8. The molecule has 8 heteroatoms. The van der Waals surface area contributed by atoms with Crippen molar-refractivity contribution < 1.29 is 24.3 Å². The third kappa shape index (κ3) is 7.33. The van der Waals surface area contributed by atoms with Crippen LogP contribution in [0, 0.1) is 11.3 Å². The number of hydrogen-bond acceptors (Lipinski definition) is 5. The molecule has 0 spiro atoms. The summed E-state index contributed by atoms with van der Waals surface area (Å²) >= 11 is 0. The summed E-state index contributed by atoms with van der Waals surface area (Å²) < 4.78 is 5.15. The lowest BCUT2D eigenvalue weighted by molar-refractivity contribution is -0.166. The van der Waals surface area contributed by atoms with Crippen molar-refractivity contribution in [2.45, 2.75) is 59.0 Å². The SMILES string of the molecule is CNC(=O)C(NC(=O)C(CCCc1ccc(OC)cc1)[C@H](C)N(O)C=O)C(C)(C)C. The Bertz CT molecular complexity index is 700. The number of ether oxygens (including phenoxy) is 1. The fourth-order valence-electron chi connectivity index (χ4n) is 3.26.